The summed E-state index contributed by atoms with van der Waals surface area (Å²) in [5.41, 5.74) is 12.6. The maximum atomic E-state index is 11.5. The first-order valence-corrected chi connectivity index (χ1v) is 30.9. The minimum atomic E-state index is -0.869. The van der Waals surface area contributed by atoms with E-state index in [0.29, 0.717) is 184 Å². The predicted molar refractivity (Wildman–Crippen MR) is 344 cm³/mol. The summed E-state index contributed by atoms with van der Waals surface area (Å²) in [5, 5.41) is 43.7. The molecule has 552 valence electrons. The number of aromatic nitrogens is 3. The lowest BCUT2D eigenvalue weighted by molar-refractivity contribution is -0.147. The number of carbonyl (C=O) groups is 7. The third-order valence-corrected chi connectivity index (χ3v) is 10.00. The van der Waals surface area contributed by atoms with Crippen molar-refractivity contribution in [1.29, 1.82) is 0 Å². The van der Waals surface area contributed by atoms with E-state index >= 15 is 0 Å². The summed E-state index contributed by atoms with van der Waals surface area (Å²) >= 11 is 0. The van der Waals surface area contributed by atoms with Crippen molar-refractivity contribution < 1.29 is 130 Å². The Hall–Kier alpha value is -6.22. The van der Waals surface area contributed by atoms with Crippen LogP contribution in [0.5, 0.6) is 0 Å². The summed E-state index contributed by atoms with van der Waals surface area (Å²) in [6.07, 6.45) is 15.1. The molecule has 0 atom stereocenters. The molecule has 6 N–H and O–H groups in total. The monoisotopic (exact) mass is 1370 g/mol. The number of nitrogens with zero attached hydrogens (tertiary/aromatic N) is 6. The van der Waals surface area contributed by atoms with E-state index in [2.05, 4.69) is 37.9 Å². The molecule has 0 aromatic carbocycles. The zero-order chi connectivity index (χ0) is 72.2. The Kier molecular flexibility index (Phi) is 94.4. The van der Waals surface area contributed by atoms with Crippen molar-refractivity contribution in [3.8, 4) is 24.7 Å². The fourth-order valence-corrected chi connectivity index (χ4v) is 5.27. The second-order valence-corrected chi connectivity index (χ2v) is 17.6. The van der Waals surface area contributed by atoms with Gasteiger partial charge in [0, 0.05) is 57.5 Å². The van der Waals surface area contributed by atoms with Crippen LogP contribution in [0.4, 0.5) is 0 Å². The van der Waals surface area contributed by atoms with Crippen molar-refractivity contribution in [2.45, 2.75) is 91.6 Å². The number of rotatable bonds is 59. The number of ketones is 3. The van der Waals surface area contributed by atoms with E-state index in [0.717, 1.165) is 5.69 Å². The maximum absolute atomic E-state index is 11.5. The van der Waals surface area contributed by atoms with Gasteiger partial charge in [0.1, 0.15) is 49.5 Å². The lowest BCUT2D eigenvalue weighted by Gasteiger charge is -2.07. The van der Waals surface area contributed by atoms with E-state index in [-0.39, 0.29) is 121 Å². The summed E-state index contributed by atoms with van der Waals surface area (Å²) in [4.78, 5) is 78.1. The molecular weight excluding hydrogens is 1260 g/mol. The highest BCUT2D eigenvalue weighted by molar-refractivity contribution is 5.78. The van der Waals surface area contributed by atoms with Crippen LogP contribution in [0, 0.1) is 24.7 Å². The van der Waals surface area contributed by atoms with Gasteiger partial charge in [0.2, 0.25) is 0 Å². The van der Waals surface area contributed by atoms with Gasteiger partial charge in [0.05, 0.1) is 217 Å². The van der Waals surface area contributed by atoms with E-state index in [1.165, 1.54) is 14.1 Å². The first-order chi connectivity index (χ1) is 46.1. The minimum absolute atomic E-state index is 0.00484. The predicted octanol–water partition coefficient (Wildman–Crippen LogP) is 2.17. The average Bonchev–Trinajstić information content (AvgIpc) is 2.97. The number of carbonyl (C=O) groups excluding carboxylic acids is 5. The lowest BCUT2D eigenvalue weighted by atomic mass is 10.2. The van der Waals surface area contributed by atoms with Gasteiger partial charge in [-0.3, -0.25) is 38.2 Å². The van der Waals surface area contributed by atoms with Crippen LogP contribution in [-0.2, 0) is 123 Å². The summed E-state index contributed by atoms with van der Waals surface area (Å²) in [5.74, 6) is 2.84. The molecule has 0 unspecified atom stereocenters. The van der Waals surface area contributed by atoms with Crippen molar-refractivity contribution in [2.24, 2.45) is 17.9 Å². The quantitative estimate of drug-likeness (QED) is 0.0156. The van der Waals surface area contributed by atoms with Gasteiger partial charge in [-0.2, -0.15) is 0 Å². The third-order valence-electron chi connectivity index (χ3n) is 10.00. The Bertz CT molecular complexity index is 2020. The van der Waals surface area contributed by atoms with Crippen LogP contribution in [0.25, 0.3) is 10.4 Å². The van der Waals surface area contributed by atoms with Gasteiger partial charge < -0.3 is 102 Å². The molecule has 0 aliphatic carbocycles. The van der Waals surface area contributed by atoms with Gasteiger partial charge in [-0.05, 0) is 12.6 Å². The van der Waals surface area contributed by atoms with Crippen molar-refractivity contribution in [3.05, 3.63) is 22.3 Å². The van der Waals surface area contributed by atoms with Crippen molar-refractivity contribution in [1.82, 2.24) is 15.0 Å². The van der Waals surface area contributed by atoms with E-state index in [1.54, 1.807) is 17.9 Å². The molecule has 0 saturated carbocycles. The number of esters is 2. The molecule has 0 spiro atoms. The van der Waals surface area contributed by atoms with Crippen molar-refractivity contribution in [2.75, 3.05) is 219 Å². The zero-order valence-electron chi connectivity index (χ0n) is 56.9. The smallest absolute Gasteiger partial charge is 0.308 e. The number of carboxylic acid groups (broad SMARTS) is 2. The molecule has 0 aliphatic rings. The average molecular weight is 1370 g/mol. The second kappa shape index (κ2) is 89.8. The molecule has 0 radical (unpaired) electrons. The Labute approximate surface area is 559 Å². The molecule has 0 aliphatic heterocycles. The number of Topliss-reactive ketones (excluding diaryl/α,β-unsaturated/α-hetero) is 3. The molecule has 95 heavy (non-hydrogen) atoms. The van der Waals surface area contributed by atoms with E-state index in [4.69, 9.17) is 115 Å². The number of aliphatic carboxylic acids is 2. The van der Waals surface area contributed by atoms with Crippen LogP contribution in [0.3, 0.4) is 0 Å². The molecular formula is C61H111N7O27. The Morgan fingerprint density at radius 3 is 0.989 bits per heavy atom. The second-order valence-electron chi connectivity index (χ2n) is 17.6. The molecule has 1 aromatic heterocycles. The number of nitrogens with two attached hydrogens (primary N) is 1. The third kappa shape index (κ3) is 101. The van der Waals surface area contributed by atoms with Crippen LogP contribution in [0.1, 0.15) is 90.7 Å². The summed E-state index contributed by atoms with van der Waals surface area (Å²) in [6.45, 7) is 16.1. The number of hydrogen-bond acceptors (Lipinski definition) is 29. The normalized spacial score (nSPS) is 9.93. The van der Waals surface area contributed by atoms with Gasteiger partial charge in [-0.1, -0.05) is 42.9 Å². The molecule has 34 heteroatoms. The largest absolute Gasteiger partial charge is 0.481 e. The van der Waals surface area contributed by atoms with Gasteiger partial charge in [-0.15, -0.1) is 17.9 Å². The molecule has 34 nitrogen and oxygen atoms in total. The lowest BCUT2D eigenvalue weighted by Crippen LogP contribution is -2.15. The van der Waals surface area contributed by atoms with Crippen LogP contribution in [0.15, 0.2) is 11.3 Å². The number of aryl methyl sites for hydroxylation is 1. The van der Waals surface area contributed by atoms with Gasteiger partial charge >= 0.3 is 23.9 Å². The minimum Gasteiger partial charge on any atom is -0.481 e. The topological polar surface area (TPSA) is 454 Å². The van der Waals surface area contributed by atoms with Crippen molar-refractivity contribution >= 4 is 41.2 Å². The number of ether oxygens (including phenoxy) is 16. The summed E-state index contributed by atoms with van der Waals surface area (Å²) < 4.78 is 83.2. The van der Waals surface area contributed by atoms with E-state index in [9.17, 15) is 33.6 Å². The van der Waals surface area contributed by atoms with Crippen LogP contribution >= 0.6 is 0 Å². The van der Waals surface area contributed by atoms with Gasteiger partial charge in [0.25, 0.3) is 0 Å². The maximum Gasteiger partial charge on any atom is 0.308 e. The van der Waals surface area contributed by atoms with Crippen molar-refractivity contribution in [3.63, 3.8) is 0 Å². The van der Waals surface area contributed by atoms with Gasteiger partial charge in [-0.25, -0.2) is 0 Å². The highest BCUT2D eigenvalue weighted by Crippen LogP contribution is 1.97. The zero-order valence-corrected chi connectivity index (χ0v) is 56.9. The first-order valence-electron chi connectivity index (χ1n) is 30.9. The van der Waals surface area contributed by atoms with Gasteiger partial charge in [0.15, 0.2) is 0 Å². The number of aliphatic hydroxyl groups excluding tert-OH is 2. The van der Waals surface area contributed by atoms with E-state index in [1.807, 2.05) is 20.8 Å². The molecule has 0 fully saturated rings. The number of terminal acetylenes is 2. The standard InChI is InChI=1S/C18H31N3O7.C17H28O7.C9H18O4.C8H12O4.C7H14O5.CH3N3.CH5N/c1-3-17(22)4-6-24-8-9-26-12-13-28-18(23)5-7-25-10-11-27-15-16-14-21(2)20-19-16;1-3-7-20-10-11-22-9-6-17(19)24-15-14-23-13-12-21-8-5-16(18)4-2;1-2-9(11)3-5-12-7-8-13-6-4-10;1-2-4-11-6-7-12-5-3-8(9)10;8-2-4-12-6-5-11-3-1-7(9)10;1-3-4-2;1-2/h14H,3-13,15H2,1-2H3;1H,4-15H2,2H3;10H,2-8H2,1H3;1H,3-7H2,(H,9,10);8H,1-6H2,(H,9,10);1H3;2H2,1H3. The Morgan fingerprint density at radius 2 is 0.726 bits per heavy atom. The molecule has 1 heterocycles. The SMILES string of the molecule is C#CCOCCOCCC(=O)O.C#CCOCCOCCC(=O)OCCOCCOCCC(=O)CC.CCC(=O)CCOCCOCCO.CCC(=O)CCOCCOCCOC(=O)CCOCCOCc1cn(C)nn1.CN.CN=[N+]=[N-].O=C(O)CCOCCOCCO. The first kappa shape index (κ1) is 99.8. The molecule has 0 bridgehead atoms. The highest BCUT2D eigenvalue weighted by atomic mass is 16.6. The molecule has 1 rings (SSSR count). The van der Waals surface area contributed by atoms with E-state index < -0.39 is 11.9 Å². The van der Waals surface area contributed by atoms with Crippen LogP contribution in [0.2, 0.25) is 0 Å². The fourth-order valence-electron chi connectivity index (χ4n) is 5.27. The van der Waals surface area contributed by atoms with Crippen LogP contribution < -0.4 is 5.73 Å². The van der Waals surface area contributed by atoms with Crippen LogP contribution in [-0.4, -0.2) is 296 Å². The fraction of sp³-hybridized carbons (Fsp3) is 0.787. The number of carboxylic acids is 2. The Balaban J connectivity index is -0.000000266. The summed E-state index contributed by atoms with van der Waals surface area (Å²) in [7, 11) is 4.68. The summed E-state index contributed by atoms with van der Waals surface area (Å²) in [6, 6.07) is 0. The number of aliphatic hydroxyl groups is 2. The Morgan fingerprint density at radius 1 is 0.463 bits per heavy atom. The molecule has 0 amide bonds. The molecule has 1 aromatic rings. The molecule has 0 saturated heterocycles. The number of azide groups is 1. The highest BCUT2D eigenvalue weighted by Gasteiger charge is 2.06. The number of hydrogen-bond donors (Lipinski definition) is 5.